The van der Waals surface area contributed by atoms with Crippen molar-refractivity contribution in [3.8, 4) is 11.3 Å². The number of amides is 1. The molecule has 0 radical (unpaired) electrons. The Hall–Kier alpha value is -1.89. The van der Waals surface area contributed by atoms with Crippen molar-refractivity contribution in [2.24, 2.45) is 0 Å². The molecular formula is C13H11F3N2OS. The van der Waals surface area contributed by atoms with Gasteiger partial charge < -0.3 is 5.32 Å². The fraction of sp³-hybridized carbons (Fsp3) is 0.231. The Morgan fingerprint density at radius 1 is 1.40 bits per heavy atom. The van der Waals surface area contributed by atoms with Gasteiger partial charge in [-0.2, -0.15) is 13.2 Å². The van der Waals surface area contributed by atoms with Crippen molar-refractivity contribution in [2.75, 3.05) is 5.32 Å². The van der Waals surface area contributed by atoms with Crippen LogP contribution in [0.1, 0.15) is 11.4 Å². The van der Waals surface area contributed by atoms with Crippen LogP contribution in [0.4, 0.5) is 18.9 Å². The Morgan fingerprint density at radius 3 is 2.75 bits per heavy atom. The first-order valence-corrected chi connectivity index (χ1v) is 6.60. The van der Waals surface area contributed by atoms with Crippen molar-refractivity contribution in [3.63, 3.8) is 0 Å². The van der Waals surface area contributed by atoms with Crippen LogP contribution < -0.4 is 5.32 Å². The predicted molar refractivity (Wildman–Crippen MR) is 71.6 cm³/mol. The molecule has 7 heteroatoms. The number of carbonyl (C=O) groups excluding carboxylic acids is 1. The van der Waals surface area contributed by atoms with E-state index in [4.69, 9.17) is 0 Å². The number of nitrogens with one attached hydrogen (secondary N) is 1. The molecule has 0 atom stereocenters. The smallest absolute Gasteiger partial charge is 0.326 e. The van der Waals surface area contributed by atoms with Gasteiger partial charge >= 0.3 is 6.18 Å². The molecule has 1 aromatic carbocycles. The molecule has 0 aliphatic rings. The van der Waals surface area contributed by atoms with Crippen LogP contribution in [0.15, 0.2) is 29.6 Å². The zero-order valence-corrected chi connectivity index (χ0v) is 11.3. The van der Waals surface area contributed by atoms with Gasteiger partial charge in [0.2, 0.25) is 5.91 Å². The molecule has 106 valence electrons. The molecule has 0 fully saturated rings. The summed E-state index contributed by atoms with van der Waals surface area (Å²) in [5, 5.41) is 4.98. The van der Waals surface area contributed by atoms with Crippen molar-refractivity contribution in [2.45, 2.75) is 19.5 Å². The van der Waals surface area contributed by atoms with E-state index < -0.39 is 18.5 Å². The number of rotatable bonds is 3. The van der Waals surface area contributed by atoms with Gasteiger partial charge in [-0.15, -0.1) is 11.3 Å². The molecule has 2 aromatic rings. The summed E-state index contributed by atoms with van der Waals surface area (Å²) in [6.07, 6.45) is -6.00. The van der Waals surface area contributed by atoms with Crippen molar-refractivity contribution in [1.29, 1.82) is 0 Å². The molecule has 0 spiro atoms. The minimum absolute atomic E-state index is 0.322. The van der Waals surface area contributed by atoms with Gasteiger partial charge in [0, 0.05) is 16.6 Å². The van der Waals surface area contributed by atoms with E-state index >= 15 is 0 Å². The largest absolute Gasteiger partial charge is 0.397 e. The normalized spacial score (nSPS) is 11.4. The third-order valence-corrected chi connectivity index (χ3v) is 3.20. The average Bonchev–Trinajstić information content (AvgIpc) is 2.73. The van der Waals surface area contributed by atoms with Crippen LogP contribution in [0.25, 0.3) is 11.3 Å². The van der Waals surface area contributed by atoms with Crippen LogP contribution in [-0.4, -0.2) is 17.1 Å². The van der Waals surface area contributed by atoms with Crippen LogP contribution in [0.3, 0.4) is 0 Å². The lowest BCUT2D eigenvalue weighted by Gasteiger charge is -2.08. The second-order valence-corrected chi connectivity index (χ2v) is 5.23. The standard InChI is InChI=1S/C13H11F3N2OS/c1-8-17-11(7-20-8)9-3-2-4-10(5-9)18-12(19)6-13(14,15)16/h2-5,7H,6H2,1H3,(H,18,19). The maximum atomic E-state index is 12.1. The molecule has 0 saturated heterocycles. The van der Waals surface area contributed by atoms with E-state index in [-0.39, 0.29) is 0 Å². The van der Waals surface area contributed by atoms with Gasteiger partial charge in [0.15, 0.2) is 0 Å². The molecule has 1 aromatic heterocycles. The molecule has 0 saturated carbocycles. The molecule has 1 heterocycles. The SMILES string of the molecule is Cc1nc(-c2cccc(NC(=O)CC(F)(F)F)c2)cs1. The second kappa shape index (κ2) is 5.62. The van der Waals surface area contributed by atoms with Gasteiger partial charge in [-0.05, 0) is 19.1 Å². The van der Waals surface area contributed by atoms with E-state index in [0.717, 1.165) is 16.3 Å². The summed E-state index contributed by atoms with van der Waals surface area (Å²) in [7, 11) is 0. The van der Waals surface area contributed by atoms with Crippen LogP contribution in [0, 0.1) is 6.92 Å². The summed E-state index contributed by atoms with van der Waals surface area (Å²) >= 11 is 1.48. The van der Waals surface area contributed by atoms with Crippen LogP contribution in [0.5, 0.6) is 0 Å². The van der Waals surface area contributed by atoms with Gasteiger partial charge in [0.05, 0.1) is 10.7 Å². The highest BCUT2D eigenvalue weighted by molar-refractivity contribution is 7.09. The zero-order chi connectivity index (χ0) is 14.8. The second-order valence-electron chi connectivity index (χ2n) is 4.17. The zero-order valence-electron chi connectivity index (χ0n) is 10.5. The third kappa shape index (κ3) is 4.06. The highest BCUT2D eigenvalue weighted by Gasteiger charge is 2.31. The van der Waals surface area contributed by atoms with Gasteiger partial charge in [-0.25, -0.2) is 4.98 Å². The van der Waals surface area contributed by atoms with E-state index in [1.54, 1.807) is 18.2 Å². The first-order valence-electron chi connectivity index (χ1n) is 5.73. The number of benzene rings is 1. The molecule has 2 rings (SSSR count). The first-order chi connectivity index (χ1) is 9.33. The summed E-state index contributed by atoms with van der Waals surface area (Å²) in [6.45, 7) is 1.86. The molecule has 3 nitrogen and oxygen atoms in total. The lowest BCUT2D eigenvalue weighted by atomic mass is 10.1. The van der Waals surface area contributed by atoms with Crippen LogP contribution in [-0.2, 0) is 4.79 Å². The van der Waals surface area contributed by atoms with E-state index in [1.165, 1.54) is 17.4 Å². The Kier molecular flexibility index (Phi) is 4.08. The molecule has 1 N–H and O–H groups in total. The molecular weight excluding hydrogens is 289 g/mol. The summed E-state index contributed by atoms with van der Waals surface area (Å²) in [5.41, 5.74) is 1.81. The fourth-order valence-corrected chi connectivity index (χ4v) is 2.26. The van der Waals surface area contributed by atoms with Crippen molar-refractivity contribution >= 4 is 22.9 Å². The van der Waals surface area contributed by atoms with Crippen molar-refractivity contribution in [1.82, 2.24) is 4.98 Å². The van der Waals surface area contributed by atoms with E-state index in [9.17, 15) is 18.0 Å². The number of hydrogen-bond donors (Lipinski definition) is 1. The number of thiazole rings is 1. The molecule has 20 heavy (non-hydrogen) atoms. The maximum absolute atomic E-state index is 12.1. The Balaban J connectivity index is 2.12. The number of aryl methyl sites for hydroxylation is 1. The summed E-state index contributed by atoms with van der Waals surface area (Å²) in [5.74, 6) is -1.08. The molecule has 0 aliphatic carbocycles. The topological polar surface area (TPSA) is 42.0 Å². The number of anilines is 1. The molecule has 0 unspecified atom stereocenters. The summed E-state index contributed by atoms with van der Waals surface area (Å²) < 4.78 is 36.3. The minimum atomic E-state index is -4.51. The number of hydrogen-bond acceptors (Lipinski definition) is 3. The van der Waals surface area contributed by atoms with Crippen molar-refractivity contribution in [3.05, 3.63) is 34.7 Å². The highest BCUT2D eigenvalue weighted by atomic mass is 32.1. The van der Waals surface area contributed by atoms with Gasteiger partial charge in [-0.1, -0.05) is 12.1 Å². The Bertz CT molecular complexity index is 622. The van der Waals surface area contributed by atoms with Crippen LogP contribution >= 0.6 is 11.3 Å². The summed E-state index contributed by atoms with van der Waals surface area (Å²) in [6, 6.07) is 6.58. The van der Waals surface area contributed by atoms with Crippen LogP contribution in [0.2, 0.25) is 0 Å². The van der Waals surface area contributed by atoms with Crippen molar-refractivity contribution < 1.29 is 18.0 Å². The lowest BCUT2D eigenvalue weighted by molar-refractivity contribution is -0.150. The number of alkyl halides is 3. The number of halogens is 3. The summed E-state index contributed by atoms with van der Waals surface area (Å²) in [4.78, 5) is 15.5. The van der Waals surface area contributed by atoms with E-state index in [2.05, 4.69) is 10.3 Å². The third-order valence-electron chi connectivity index (χ3n) is 2.42. The minimum Gasteiger partial charge on any atom is -0.326 e. The quantitative estimate of drug-likeness (QED) is 0.930. The molecule has 0 aliphatic heterocycles. The predicted octanol–water partition coefficient (Wildman–Crippen LogP) is 4.01. The maximum Gasteiger partial charge on any atom is 0.397 e. The van der Waals surface area contributed by atoms with Gasteiger partial charge in [0.25, 0.3) is 0 Å². The number of aromatic nitrogens is 1. The first kappa shape index (κ1) is 14.5. The number of nitrogens with zero attached hydrogens (tertiary/aromatic N) is 1. The monoisotopic (exact) mass is 300 g/mol. The van der Waals surface area contributed by atoms with E-state index in [1.807, 2.05) is 12.3 Å². The highest BCUT2D eigenvalue weighted by Crippen LogP contribution is 2.25. The average molecular weight is 300 g/mol. The fourth-order valence-electron chi connectivity index (χ4n) is 1.64. The lowest BCUT2D eigenvalue weighted by Crippen LogP contribution is -2.21. The van der Waals surface area contributed by atoms with Gasteiger partial charge in [-0.3, -0.25) is 4.79 Å². The molecule has 1 amide bonds. The van der Waals surface area contributed by atoms with E-state index in [0.29, 0.717) is 5.69 Å². The Morgan fingerprint density at radius 2 is 2.15 bits per heavy atom. The Labute approximate surface area is 117 Å². The van der Waals surface area contributed by atoms with Gasteiger partial charge in [0.1, 0.15) is 6.42 Å². The molecule has 0 bridgehead atoms. The number of carbonyl (C=O) groups is 1.